The van der Waals surface area contributed by atoms with E-state index >= 15 is 0 Å². The summed E-state index contributed by atoms with van der Waals surface area (Å²) in [6.45, 7) is 5.42. The van der Waals surface area contributed by atoms with Crippen LogP contribution in [-0.4, -0.2) is 30.3 Å². The maximum Gasteiger partial charge on any atom is 0.251 e. The van der Waals surface area contributed by atoms with Gasteiger partial charge in [0.25, 0.3) is 5.91 Å². The molecule has 1 heterocycles. The summed E-state index contributed by atoms with van der Waals surface area (Å²) in [6.07, 6.45) is 8.87. The van der Waals surface area contributed by atoms with E-state index in [0.29, 0.717) is 5.92 Å². The number of hydrogen-bond donors (Lipinski definition) is 2. The molecule has 24 heavy (non-hydrogen) atoms. The Kier molecular flexibility index (Phi) is 5.36. The Balaban J connectivity index is 1.70. The second-order valence-corrected chi connectivity index (χ2v) is 8.12. The quantitative estimate of drug-likeness (QED) is 0.846. The second kappa shape index (κ2) is 7.32. The maximum absolute atomic E-state index is 12.7. The van der Waals surface area contributed by atoms with Crippen LogP contribution < -0.4 is 10.6 Å². The van der Waals surface area contributed by atoms with E-state index in [4.69, 9.17) is 0 Å². The highest BCUT2D eigenvalue weighted by Gasteiger charge is 2.53. The van der Waals surface area contributed by atoms with Crippen molar-refractivity contribution in [1.82, 2.24) is 10.6 Å². The van der Waals surface area contributed by atoms with Crippen LogP contribution in [0.5, 0.6) is 0 Å². The Morgan fingerprint density at radius 3 is 2.67 bits per heavy atom. The molecule has 0 aromatic heterocycles. The summed E-state index contributed by atoms with van der Waals surface area (Å²) in [5.41, 5.74) is 2.07. The normalized spacial score (nSPS) is 25.5. The number of amides is 1. The molecule has 2 fully saturated rings. The van der Waals surface area contributed by atoms with Crippen LogP contribution in [0.15, 0.2) is 29.2 Å². The number of rotatable bonds is 5. The van der Waals surface area contributed by atoms with Crippen LogP contribution in [-0.2, 0) is 0 Å². The Morgan fingerprint density at radius 1 is 1.38 bits per heavy atom. The van der Waals surface area contributed by atoms with Gasteiger partial charge in [0.2, 0.25) is 0 Å². The smallest absolute Gasteiger partial charge is 0.251 e. The lowest BCUT2D eigenvalue weighted by Gasteiger charge is -2.40. The summed E-state index contributed by atoms with van der Waals surface area (Å²) in [5, 5.41) is 6.99. The van der Waals surface area contributed by atoms with Gasteiger partial charge in [-0.3, -0.25) is 4.79 Å². The third-order valence-corrected chi connectivity index (χ3v) is 6.29. The number of allylic oxidation sites excluding steroid dienone is 1. The fourth-order valence-electron chi connectivity index (χ4n) is 3.80. The summed E-state index contributed by atoms with van der Waals surface area (Å²) in [4.78, 5) is 14.0. The number of piperidine rings is 1. The number of thioether (sulfide) groups is 1. The van der Waals surface area contributed by atoms with Crippen molar-refractivity contribution in [2.24, 2.45) is 5.92 Å². The highest BCUT2D eigenvalue weighted by molar-refractivity contribution is 8.02. The van der Waals surface area contributed by atoms with Gasteiger partial charge in [-0.2, -0.15) is 0 Å². The molecule has 130 valence electrons. The van der Waals surface area contributed by atoms with Crippen molar-refractivity contribution in [3.63, 3.8) is 0 Å². The molecule has 1 aliphatic carbocycles. The fraction of sp³-hybridized carbons (Fsp3) is 0.550. The number of hydrogen-bond acceptors (Lipinski definition) is 3. The molecule has 2 N–H and O–H groups in total. The average molecular weight is 345 g/mol. The van der Waals surface area contributed by atoms with Gasteiger partial charge in [-0.25, -0.2) is 0 Å². The minimum atomic E-state index is 0.0607. The predicted octanol–water partition coefficient (Wildman–Crippen LogP) is 4.06. The van der Waals surface area contributed by atoms with E-state index in [1.165, 1.54) is 17.7 Å². The minimum Gasteiger partial charge on any atom is -0.347 e. The van der Waals surface area contributed by atoms with Crippen LogP contribution >= 0.6 is 11.8 Å². The lowest BCUT2D eigenvalue weighted by molar-refractivity contribution is 0.0875. The van der Waals surface area contributed by atoms with Gasteiger partial charge >= 0.3 is 0 Å². The number of benzene rings is 1. The minimum absolute atomic E-state index is 0.0607. The van der Waals surface area contributed by atoms with E-state index in [2.05, 4.69) is 36.8 Å². The van der Waals surface area contributed by atoms with Gasteiger partial charge < -0.3 is 10.6 Å². The van der Waals surface area contributed by atoms with Gasteiger partial charge in [0.05, 0.1) is 6.04 Å². The van der Waals surface area contributed by atoms with Crippen molar-refractivity contribution in [3.05, 3.63) is 40.3 Å². The van der Waals surface area contributed by atoms with E-state index in [0.717, 1.165) is 30.5 Å². The molecule has 1 unspecified atom stereocenters. The third-order valence-electron chi connectivity index (χ3n) is 5.52. The zero-order valence-corrected chi connectivity index (χ0v) is 15.7. The van der Waals surface area contributed by atoms with Crippen molar-refractivity contribution < 1.29 is 4.79 Å². The molecule has 0 bridgehead atoms. The molecule has 3 nitrogen and oxygen atoms in total. The zero-order chi connectivity index (χ0) is 17.2. The maximum atomic E-state index is 12.7. The molecular formula is C20H28N2OS. The fourth-order valence-corrected chi connectivity index (χ4v) is 4.06. The molecule has 1 saturated heterocycles. The van der Waals surface area contributed by atoms with Gasteiger partial charge in [-0.1, -0.05) is 25.5 Å². The zero-order valence-electron chi connectivity index (χ0n) is 14.9. The van der Waals surface area contributed by atoms with Crippen LogP contribution in [0.25, 0.3) is 6.08 Å². The highest BCUT2D eigenvalue weighted by Crippen LogP contribution is 2.45. The van der Waals surface area contributed by atoms with Gasteiger partial charge in [0.15, 0.2) is 0 Å². The Bertz CT molecular complexity index is 619. The standard InChI is InChI=1S/C20H28N2OS/c1-4-16-9-12-21-20(10-11-20)18(16)22-19(23)17-7-5-15(6-8-17)13-14(2)24-3/h5-8,13,16,18,21H,4,9-12H2,1-3H3,(H,22,23)/b14-13-/t16?,18-/m1/s1. The number of carbonyl (C=O) groups is 1. The van der Waals surface area contributed by atoms with Crippen molar-refractivity contribution in [3.8, 4) is 0 Å². The third kappa shape index (κ3) is 3.70. The Labute approximate surface area is 149 Å². The van der Waals surface area contributed by atoms with Crippen LogP contribution in [0.2, 0.25) is 0 Å². The van der Waals surface area contributed by atoms with E-state index in [1.807, 2.05) is 24.3 Å². The Hall–Kier alpha value is -1.26. The lowest BCUT2D eigenvalue weighted by Crippen LogP contribution is -2.59. The molecule has 1 spiro atoms. The SMILES string of the molecule is CCC1CCNC2(CC2)[C@@H]1NC(=O)c1ccc(/C=C(/C)SC)cc1. The van der Waals surface area contributed by atoms with Crippen LogP contribution in [0.4, 0.5) is 0 Å². The lowest BCUT2D eigenvalue weighted by atomic mass is 9.83. The molecule has 2 atom stereocenters. The van der Waals surface area contributed by atoms with E-state index < -0.39 is 0 Å². The number of carbonyl (C=O) groups excluding carboxylic acids is 1. The summed E-state index contributed by atoms with van der Waals surface area (Å²) in [7, 11) is 0. The van der Waals surface area contributed by atoms with Crippen LogP contribution in [0.3, 0.4) is 0 Å². The number of nitrogens with one attached hydrogen (secondary N) is 2. The van der Waals surface area contributed by atoms with Gasteiger partial charge in [0, 0.05) is 11.1 Å². The van der Waals surface area contributed by atoms with Gasteiger partial charge in [0.1, 0.15) is 0 Å². The van der Waals surface area contributed by atoms with E-state index in [-0.39, 0.29) is 17.5 Å². The summed E-state index contributed by atoms with van der Waals surface area (Å²) in [5.74, 6) is 0.648. The molecule has 2 aliphatic rings. The first-order valence-corrected chi connectivity index (χ1v) is 10.2. The topological polar surface area (TPSA) is 41.1 Å². The van der Waals surface area contributed by atoms with Crippen molar-refractivity contribution >= 4 is 23.7 Å². The molecule has 1 aliphatic heterocycles. The first-order chi connectivity index (χ1) is 11.6. The summed E-state index contributed by atoms with van der Waals surface area (Å²) >= 11 is 1.74. The van der Waals surface area contributed by atoms with Crippen molar-refractivity contribution in [2.45, 2.75) is 51.1 Å². The molecular weight excluding hydrogens is 316 g/mol. The molecule has 1 amide bonds. The first-order valence-electron chi connectivity index (χ1n) is 8.96. The van der Waals surface area contributed by atoms with Gasteiger partial charge in [-0.15, -0.1) is 11.8 Å². The second-order valence-electron chi connectivity index (χ2n) is 7.07. The van der Waals surface area contributed by atoms with Gasteiger partial charge in [-0.05, 0) is 73.6 Å². The molecule has 0 radical (unpaired) electrons. The van der Waals surface area contributed by atoms with Crippen LogP contribution in [0.1, 0.15) is 55.5 Å². The molecule has 1 aromatic rings. The van der Waals surface area contributed by atoms with Crippen molar-refractivity contribution in [2.75, 3.05) is 12.8 Å². The predicted molar refractivity (Wildman–Crippen MR) is 103 cm³/mol. The Morgan fingerprint density at radius 2 is 2.08 bits per heavy atom. The summed E-state index contributed by atoms with van der Waals surface area (Å²) < 4.78 is 0. The first kappa shape index (κ1) is 17.6. The summed E-state index contributed by atoms with van der Waals surface area (Å²) in [6, 6.07) is 8.19. The van der Waals surface area contributed by atoms with Crippen molar-refractivity contribution in [1.29, 1.82) is 0 Å². The largest absolute Gasteiger partial charge is 0.347 e. The highest BCUT2D eigenvalue weighted by atomic mass is 32.2. The average Bonchev–Trinajstić information content (AvgIpc) is 3.37. The van der Waals surface area contributed by atoms with Crippen LogP contribution in [0, 0.1) is 5.92 Å². The molecule has 4 heteroatoms. The van der Waals surface area contributed by atoms with E-state index in [1.54, 1.807) is 11.8 Å². The van der Waals surface area contributed by atoms with E-state index in [9.17, 15) is 4.79 Å². The molecule has 1 aromatic carbocycles. The molecule has 3 rings (SSSR count). The molecule has 1 saturated carbocycles. The monoisotopic (exact) mass is 344 g/mol.